The van der Waals surface area contributed by atoms with E-state index in [0.717, 1.165) is 12.8 Å². The van der Waals surface area contributed by atoms with E-state index in [-0.39, 0.29) is 5.54 Å². The molecule has 1 fully saturated rings. The van der Waals surface area contributed by atoms with Gasteiger partial charge in [0.15, 0.2) is 0 Å². The molecule has 2 unspecified atom stereocenters. The first-order valence-corrected chi connectivity index (χ1v) is 7.75. The highest BCUT2D eigenvalue weighted by Gasteiger charge is 2.42. The quantitative estimate of drug-likeness (QED) is 0.846. The van der Waals surface area contributed by atoms with Gasteiger partial charge < -0.3 is 5.73 Å². The van der Waals surface area contributed by atoms with Crippen LogP contribution in [0.3, 0.4) is 0 Å². The summed E-state index contributed by atoms with van der Waals surface area (Å²) in [6.07, 6.45) is 7.39. The van der Waals surface area contributed by atoms with Crippen LogP contribution in [0.15, 0.2) is 30.3 Å². The Morgan fingerprint density at radius 3 is 2.47 bits per heavy atom. The Balaban J connectivity index is 2.06. The van der Waals surface area contributed by atoms with Gasteiger partial charge >= 0.3 is 0 Å². The van der Waals surface area contributed by atoms with E-state index in [1.54, 1.807) is 0 Å². The zero-order chi connectivity index (χ0) is 13.9. The molecule has 1 aliphatic carbocycles. The molecule has 1 aromatic rings. The molecule has 1 saturated carbocycles. The van der Waals surface area contributed by atoms with Gasteiger partial charge in [-0.1, -0.05) is 63.9 Å². The van der Waals surface area contributed by atoms with E-state index in [2.05, 4.69) is 51.1 Å². The third-order valence-electron chi connectivity index (χ3n) is 4.85. The normalized spacial score (nSPS) is 28.3. The second kappa shape index (κ2) is 5.66. The molecule has 1 nitrogen and oxygen atoms in total. The Kier molecular flexibility index (Phi) is 4.35. The van der Waals surface area contributed by atoms with Crippen LogP contribution in [0.1, 0.15) is 58.4 Å². The summed E-state index contributed by atoms with van der Waals surface area (Å²) in [5, 5.41) is 0. The lowest BCUT2D eigenvalue weighted by Gasteiger charge is -2.48. The lowest BCUT2D eigenvalue weighted by atomic mass is 9.61. The molecule has 0 aromatic heterocycles. The van der Waals surface area contributed by atoms with Crippen molar-refractivity contribution >= 4 is 0 Å². The highest BCUT2D eigenvalue weighted by Crippen LogP contribution is 2.44. The molecule has 0 bridgehead atoms. The minimum absolute atomic E-state index is 0.0341. The summed E-state index contributed by atoms with van der Waals surface area (Å²) in [7, 11) is 0. The Labute approximate surface area is 118 Å². The smallest absolute Gasteiger partial charge is 0.0191 e. The molecule has 0 saturated heterocycles. The van der Waals surface area contributed by atoms with Gasteiger partial charge in [-0.2, -0.15) is 0 Å². The molecule has 0 spiro atoms. The van der Waals surface area contributed by atoms with Crippen molar-refractivity contribution < 1.29 is 0 Å². The summed E-state index contributed by atoms with van der Waals surface area (Å²) in [5.41, 5.74) is 8.62. The van der Waals surface area contributed by atoms with Crippen molar-refractivity contribution in [3.8, 4) is 0 Å². The Bertz CT molecular complexity index is 390. The van der Waals surface area contributed by atoms with E-state index in [4.69, 9.17) is 5.73 Å². The Morgan fingerprint density at radius 1 is 1.16 bits per heavy atom. The van der Waals surface area contributed by atoms with E-state index in [9.17, 15) is 0 Å². The molecule has 2 N–H and O–H groups in total. The maximum atomic E-state index is 6.84. The van der Waals surface area contributed by atoms with Crippen molar-refractivity contribution in [1.29, 1.82) is 0 Å². The number of hydrogen-bond donors (Lipinski definition) is 1. The van der Waals surface area contributed by atoms with E-state index in [1.807, 2.05) is 0 Å². The van der Waals surface area contributed by atoms with Crippen LogP contribution in [0.25, 0.3) is 0 Å². The van der Waals surface area contributed by atoms with Crippen molar-refractivity contribution in [2.24, 2.45) is 17.1 Å². The van der Waals surface area contributed by atoms with Gasteiger partial charge in [-0.3, -0.25) is 0 Å². The van der Waals surface area contributed by atoms with Crippen LogP contribution < -0.4 is 5.73 Å². The van der Waals surface area contributed by atoms with Gasteiger partial charge in [0.05, 0.1) is 0 Å². The lowest BCUT2D eigenvalue weighted by molar-refractivity contribution is 0.0732. The average Bonchev–Trinajstić information content (AvgIpc) is 2.37. The van der Waals surface area contributed by atoms with Crippen molar-refractivity contribution in [3.05, 3.63) is 35.9 Å². The van der Waals surface area contributed by atoms with Crippen LogP contribution in [0.5, 0.6) is 0 Å². The van der Waals surface area contributed by atoms with Crippen molar-refractivity contribution in [3.63, 3.8) is 0 Å². The van der Waals surface area contributed by atoms with Gasteiger partial charge in [-0.05, 0) is 42.6 Å². The standard InChI is InChI=1S/C18H29N/c1-17(2,3)16-11-7-8-13-18(16,19)14-12-15-9-5-4-6-10-15/h4-6,9-10,16H,7-8,11-14,19H2,1-3H3. The van der Waals surface area contributed by atoms with Gasteiger partial charge in [0.1, 0.15) is 0 Å². The molecule has 106 valence electrons. The van der Waals surface area contributed by atoms with Crippen LogP contribution in [0, 0.1) is 11.3 Å². The third kappa shape index (κ3) is 3.60. The van der Waals surface area contributed by atoms with Gasteiger partial charge in [0, 0.05) is 5.54 Å². The van der Waals surface area contributed by atoms with E-state index < -0.39 is 0 Å². The maximum Gasteiger partial charge on any atom is 0.0191 e. The summed E-state index contributed by atoms with van der Waals surface area (Å²) >= 11 is 0. The van der Waals surface area contributed by atoms with E-state index >= 15 is 0 Å². The van der Waals surface area contributed by atoms with Gasteiger partial charge in [0.25, 0.3) is 0 Å². The summed E-state index contributed by atoms with van der Waals surface area (Å²) in [6.45, 7) is 7.06. The summed E-state index contributed by atoms with van der Waals surface area (Å²) in [5.74, 6) is 0.650. The van der Waals surface area contributed by atoms with Gasteiger partial charge in [-0.25, -0.2) is 0 Å². The first kappa shape index (κ1) is 14.6. The average molecular weight is 259 g/mol. The predicted molar refractivity (Wildman–Crippen MR) is 83.1 cm³/mol. The number of rotatable bonds is 3. The fourth-order valence-corrected chi connectivity index (χ4v) is 3.88. The van der Waals surface area contributed by atoms with Crippen molar-refractivity contribution in [2.45, 2.75) is 64.8 Å². The van der Waals surface area contributed by atoms with Crippen LogP contribution in [0.2, 0.25) is 0 Å². The fraction of sp³-hybridized carbons (Fsp3) is 0.667. The highest BCUT2D eigenvalue weighted by atomic mass is 14.8. The topological polar surface area (TPSA) is 26.0 Å². The molecular formula is C18H29N. The Hall–Kier alpha value is -0.820. The molecule has 1 aromatic carbocycles. The molecule has 0 radical (unpaired) electrons. The van der Waals surface area contributed by atoms with Crippen LogP contribution >= 0.6 is 0 Å². The number of benzene rings is 1. The monoisotopic (exact) mass is 259 g/mol. The predicted octanol–water partition coefficient (Wildman–Crippen LogP) is 4.55. The second-order valence-electron chi connectivity index (χ2n) is 7.38. The molecule has 1 heteroatoms. The largest absolute Gasteiger partial charge is 0.325 e. The second-order valence-corrected chi connectivity index (χ2v) is 7.38. The zero-order valence-electron chi connectivity index (χ0n) is 12.8. The number of aryl methyl sites for hydroxylation is 1. The van der Waals surface area contributed by atoms with E-state index in [1.165, 1.54) is 31.2 Å². The van der Waals surface area contributed by atoms with Crippen molar-refractivity contribution in [1.82, 2.24) is 0 Å². The van der Waals surface area contributed by atoms with Gasteiger partial charge in [0.2, 0.25) is 0 Å². The molecule has 1 aliphatic rings. The third-order valence-corrected chi connectivity index (χ3v) is 4.85. The first-order valence-electron chi connectivity index (χ1n) is 7.75. The maximum absolute atomic E-state index is 6.84. The lowest BCUT2D eigenvalue weighted by Crippen LogP contribution is -2.54. The number of nitrogens with two attached hydrogens (primary N) is 1. The van der Waals surface area contributed by atoms with Crippen LogP contribution in [-0.4, -0.2) is 5.54 Å². The minimum Gasteiger partial charge on any atom is -0.325 e. The molecule has 0 aliphatic heterocycles. The van der Waals surface area contributed by atoms with Crippen LogP contribution in [-0.2, 0) is 6.42 Å². The molecule has 0 amide bonds. The summed E-state index contributed by atoms with van der Waals surface area (Å²) in [4.78, 5) is 0. The van der Waals surface area contributed by atoms with E-state index in [0.29, 0.717) is 11.3 Å². The highest BCUT2D eigenvalue weighted by molar-refractivity contribution is 5.15. The Morgan fingerprint density at radius 2 is 1.84 bits per heavy atom. The molecule has 0 heterocycles. The molecule has 19 heavy (non-hydrogen) atoms. The SMILES string of the molecule is CC(C)(C)C1CCCCC1(N)CCc1ccccc1. The molecule has 2 rings (SSSR count). The molecule has 2 atom stereocenters. The van der Waals surface area contributed by atoms with Crippen LogP contribution in [0.4, 0.5) is 0 Å². The van der Waals surface area contributed by atoms with Crippen molar-refractivity contribution in [2.75, 3.05) is 0 Å². The summed E-state index contributed by atoms with van der Waals surface area (Å²) in [6, 6.07) is 10.8. The summed E-state index contributed by atoms with van der Waals surface area (Å²) < 4.78 is 0. The zero-order valence-corrected chi connectivity index (χ0v) is 12.8. The minimum atomic E-state index is 0.0341. The van der Waals surface area contributed by atoms with Gasteiger partial charge in [-0.15, -0.1) is 0 Å². The molecular weight excluding hydrogens is 230 g/mol. The first-order chi connectivity index (χ1) is 8.92. The number of hydrogen-bond acceptors (Lipinski definition) is 1. The fourth-order valence-electron chi connectivity index (χ4n) is 3.88.